The van der Waals surface area contributed by atoms with E-state index in [4.69, 9.17) is 32.9 Å². The van der Waals surface area contributed by atoms with E-state index in [-0.39, 0.29) is 12.5 Å². The maximum atomic E-state index is 11.8. The summed E-state index contributed by atoms with van der Waals surface area (Å²) in [4.78, 5) is 16.7. The van der Waals surface area contributed by atoms with Crippen LogP contribution in [0.3, 0.4) is 0 Å². The maximum Gasteiger partial charge on any atom is 0.325 e. The first kappa shape index (κ1) is 18.8. The monoisotopic (exact) mass is 412 g/mol. The molecule has 1 aromatic heterocycles. The summed E-state index contributed by atoms with van der Waals surface area (Å²) in [5.41, 5.74) is 6.75. The van der Waals surface area contributed by atoms with Gasteiger partial charge in [-0.25, -0.2) is 0 Å². The van der Waals surface area contributed by atoms with Crippen LogP contribution in [0.15, 0.2) is 53.7 Å². The molecule has 28 heavy (non-hydrogen) atoms. The molecule has 2 aromatic carbocycles. The van der Waals surface area contributed by atoms with Crippen molar-refractivity contribution in [3.05, 3.63) is 81.1 Å². The van der Waals surface area contributed by atoms with Crippen LogP contribution in [0, 0.1) is 6.92 Å². The van der Waals surface area contributed by atoms with Gasteiger partial charge in [0, 0.05) is 38.6 Å². The number of hydrogen-bond acceptors (Lipinski definition) is 3. The molecule has 4 nitrogen and oxygen atoms in total. The fraction of sp³-hybridized carbons (Fsp3) is 0.182. The topological polar surface area (TPSA) is 43.6 Å². The smallest absolute Gasteiger partial charge is 0.325 e. The fourth-order valence-electron chi connectivity index (χ4n) is 3.64. The molecule has 1 aliphatic rings. The van der Waals surface area contributed by atoms with Gasteiger partial charge >= 0.3 is 5.97 Å². The quantitative estimate of drug-likeness (QED) is 0.548. The summed E-state index contributed by atoms with van der Waals surface area (Å²) in [6, 6.07) is 13.5. The Balaban J connectivity index is 1.92. The average Bonchev–Trinajstić information content (AvgIpc) is 2.89. The van der Waals surface area contributed by atoms with Crippen LogP contribution in [0.4, 0.5) is 0 Å². The molecule has 0 amide bonds. The van der Waals surface area contributed by atoms with Crippen molar-refractivity contribution in [1.82, 2.24) is 4.57 Å². The number of methoxy groups -OCH3 is 1. The molecule has 0 bridgehead atoms. The summed E-state index contributed by atoms with van der Waals surface area (Å²) in [6.45, 7) is 2.65. The predicted molar refractivity (Wildman–Crippen MR) is 112 cm³/mol. The minimum atomic E-state index is -0.287. The van der Waals surface area contributed by atoms with Crippen LogP contribution in [0.1, 0.15) is 22.4 Å². The number of benzene rings is 2. The molecule has 0 unspecified atom stereocenters. The van der Waals surface area contributed by atoms with Gasteiger partial charge in [-0.15, -0.1) is 0 Å². The second-order valence-electron chi connectivity index (χ2n) is 6.65. The molecule has 0 saturated heterocycles. The van der Waals surface area contributed by atoms with Crippen LogP contribution in [-0.2, 0) is 22.6 Å². The van der Waals surface area contributed by atoms with Gasteiger partial charge in [0.1, 0.15) is 6.54 Å². The van der Waals surface area contributed by atoms with Crippen LogP contribution in [0.2, 0.25) is 10.0 Å². The highest BCUT2D eigenvalue weighted by Gasteiger charge is 2.24. The van der Waals surface area contributed by atoms with Gasteiger partial charge in [-0.2, -0.15) is 0 Å². The van der Waals surface area contributed by atoms with E-state index in [2.05, 4.69) is 0 Å². The lowest BCUT2D eigenvalue weighted by Gasteiger charge is -2.14. The SMILES string of the molecule is COC(=O)Cn1cc2c(c1C)-c1ccc(Cl)cc1C(c1ccccc1Cl)=NC2. The lowest BCUT2D eigenvalue weighted by atomic mass is 9.93. The molecule has 3 aromatic rings. The van der Waals surface area contributed by atoms with Crippen molar-refractivity contribution in [2.75, 3.05) is 7.11 Å². The van der Waals surface area contributed by atoms with Gasteiger partial charge in [-0.1, -0.05) is 47.5 Å². The third kappa shape index (κ3) is 3.23. The minimum absolute atomic E-state index is 0.166. The molecule has 142 valence electrons. The van der Waals surface area contributed by atoms with Crippen molar-refractivity contribution in [2.45, 2.75) is 20.0 Å². The molecule has 0 spiro atoms. The Hall–Kier alpha value is -2.56. The first-order valence-electron chi connectivity index (χ1n) is 8.84. The number of halogens is 2. The Labute approximate surface area is 173 Å². The third-order valence-electron chi connectivity index (χ3n) is 5.00. The summed E-state index contributed by atoms with van der Waals surface area (Å²) < 4.78 is 6.73. The molecule has 0 aliphatic carbocycles. The first-order valence-corrected chi connectivity index (χ1v) is 9.60. The number of esters is 1. The molecule has 4 rings (SSSR count). The van der Waals surface area contributed by atoms with E-state index in [9.17, 15) is 4.79 Å². The first-order chi connectivity index (χ1) is 13.5. The average molecular weight is 413 g/mol. The molecule has 0 fully saturated rings. The second-order valence-corrected chi connectivity index (χ2v) is 7.50. The van der Waals surface area contributed by atoms with Gasteiger partial charge in [0.2, 0.25) is 0 Å². The van der Waals surface area contributed by atoms with Crippen molar-refractivity contribution in [3.63, 3.8) is 0 Å². The van der Waals surface area contributed by atoms with Crippen molar-refractivity contribution in [1.29, 1.82) is 0 Å². The van der Waals surface area contributed by atoms with E-state index < -0.39 is 0 Å². The van der Waals surface area contributed by atoms with E-state index in [1.807, 2.05) is 60.2 Å². The summed E-state index contributed by atoms with van der Waals surface area (Å²) in [5.74, 6) is -0.287. The zero-order chi connectivity index (χ0) is 19.8. The Bertz CT molecular complexity index is 1120. The Morgan fingerprint density at radius 1 is 1.14 bits per heavy atom. The number of carbonyl (C=O) groups is 1. The highest BCUT2D eigenvalue weighted by molar-refractivity contribution is 6.36. The lowest BCUT2D eigenvalue weighted by molar-refractivity contribution is -0.141. The molecule has 0 N–H and O–H groups in total. The lowest BCUT2D eigenvalue weighted by Crippen LogP contribution is -2.12. The molecular weight excluding hydrogens is 395 g/mol. The molecular formula is C22H18Cl2N2O2. The van der Waals surface area contributed by atoms with Crippen molar-refractivity contribution in [3.8, 4) is 11.1 Å². The van der Waals surface area contributed by atoms with Crippen LogP contribution in [-0.4, -0.2) is 23.4 Å². The predicted octanol–water partition coefficient (Wildman–Crippen LogP) is 5.29. The van der Waals surface area contributed by atoms with Gasteiger partial charge in [0.15, 0.2) is 0 Å². The Morgan fingerprint density at radius 3 is 2.68 bits per heavy atom. The van der Waals surface area contributed by atoms with Crippen LogP contribution in [0.5, 0.6) is 0 Å². The van der Waals surface area contributed by atoms with E-state index in [1.54, 1.807) is 0 Å². The normalized spacial score (nSPS) is 12.6. The number of hydrogen-bond donors (Lipinski definition) is 0. The van der Waals surface area contributed by atoms with Gasteiger partial charge < -0.3 is 9.30 Å². The van der Waals surface area contributed by atoms with Crippen molar-refractivity contribution < 1.29 is 9.53 Å². The van der Waals surface area contributed by atoms with E-state index in [0.29, 0.717) is 16.6 Å². The fourth-order valence-corrected chi connectivity index (χ4v) is 4.04. The van der Waals surface area contributed by atoms with Crippen molar-refractivity contribution in [2.24, 2.45) is 4.99 Å². The van der Waals surface area contributed by atoms with E-state index in [1.165, 1.54) is 7.11 Å². The zero-order valence-electron chi connectivity index (χ0n) is 15.5. The molecule has 6 heteroatoms. The van der Waals surface area contributed by atoms with Crippen molar-refractivity contribution >= 4 is 34.9 Å². The number of rotatable bonds is 3. The van der Waals surface area contributed by atoms with Gasteiger partial charge in [0.25, 0.3) is 0 Å². The standard InChI is InChI=1S/C22H18Cl2N2O2/c1-13-21-14(11-26(13)12-20(27)28-2)10-25-22(17-5-3-4-6-19(17)24)18-9-15(23)7-8-16(18)21/h3-9,11H,10,12H2,1-2H3. The number of aromatic nitrogens is 1. The molecule has 0 saturated carbocycles. The summed E-state index contributed by atoms with van der Waals surface area (Å²) >= 11 is 12.8. The number of fused-ring (bicyclic) bond motifs is 3. The number of nitrogens with zero attached hydrogens (tertiary/aromatic N) is 2. The highest BCUT2D eigenvalue weighted by Crippen LogP contribution is 2.38. The number of aliphatic imine (C=N–C) groups is 1. The largest absolute Gasteiger partial charge is 0.468 e. The van der Waals surface area contributed by atoms with E-state index in [0.717, 1.165) is 39.2 Å². The zero-order valence-corrected chi connectivity index (χ0v) is 17.0. The van der Waals surface area contributed by atoms with Gasteiger partial charge in [-0.05, 0) is 36.2 Å². The number of carbonyl (C=O) groups excluding carboxylic acids is 1. The summed E-state index contributed by atoms with van der Waals surface area (Å²) in [5, 5.41) is 1.28. The second kappa shape index (κ2) is 7.46. The van der Waals surface area contributed by atoms with Gasteiger partial charge in [0.05, 0.1) is 19.4 Å². The summed E-state index contributed by atoms with van der Waals surface area (Å²) in [7, 11) is 1.39. The van der Waals surface area contributed by atoms with E-state index >= 15 is 0 Å². The summed E-state index contributed by atoms with van der Waals surface area (Å²) in [6.07, 6.45) is 1.97. The Kier molecular flexibility index (Phi) is 5.00. The van der Waals surface area contributed by atoms with Crippen LogP contribution < -0.4 is 0 Å². The Morgan fingerprint density at radius 2 is 1.93 bits per heavy atom. The molecule has 0 atom stereocenters. The molecule has 1 aliphatic heterocycles. The number of ether oxygens (including phenoxy) is 1. The molecule has 0 radical (unpaired) electrons. The van der Waals surface area contributed by atoms with Crippen LogP contribution in [0.25, 0.3) is 11.1 Å². The third-order valence-corrected chi connectivity index (χ3v) is 5.56. The highest BCUT2D eigenvalue weighted by atomic mass is 35.5. The minimum Gasteiger partial charge on any atom is -0.468 e. The molecule has 2 heterocycles. The maximum absolute atomic E-state index is 11.8. The van der Waals surface area contributed by atoms with Gasteiger partial charge in [-0.3, -0.25) is 9.79 Å². The van der Waals surface area contributed by atoms with Crippen LogP contribution >= 0.6 is 23.2 Å².